The molecule has 2 amide bonds. The average Bonchev–Trinajstić information content (AvgIpc) is 2.76. The molecule has 0 saturated heterocycles. The van der Waals surface area contributed by atoms with Crippen LogP contribution < -0.4 is 10.6 Å². The van der Waals surface area contributed by atoms with E-state index in [0.29, 0.717) is 11.8 Å². The molecule has 1 heterocycles. The highest BCUT2D eigenvalue weighted by molar-refractivity contribution is 14.1. The highest BCUT2D eigenvalue weighted by Gasteiger charge is 2.41. The molecule has 9 heteroatoms. The van der Waals surface area contributed by atoms with E-state index in [1.807, 2.05) is 6.07 Å². The third kappa shape index (κ3) is 5.51. The van der Waals surface area contributed by atoms with Crippen LogP contribution in [0.2, 0.25) is 0 Å². The quantitative estimate of drug-likeness (QED) is 0.269. The molecule has 1 aromatic heterocycles. The van der Waals surface area contributed by atoms with Crippen LogP contribution in [-0.2, 0) is 18.1 Å². The molecule has 2 aromatic carbocycles. The van der Waals surface area contributed by atoms with Crippen LogP contribution in [0.5, 0.6) is 0 Å². The van der Waals surface area contributed by atoms with E-state index in [0.717, 1.165) is 40.5 Å². The van der Waals surface area contributed by atoms with E-state index in [4.69, 9.17) is 0 Å². The topological polar surface area (TPSA) is 54.0 Å². The smallest absolute Gasteiger partial charge is 0.335 e. The molecule has 1 aliphatic rings. The minimum Gasteiger partial charge on any atom is -0.335 e. The van der Waals surface area contributed by atoms with Crippen molar-refractivity contribution in [2.75, 3.05) is 0 Å². The summed E-state index contributed by atoms with van der Waals surface area (Å²) in [5.41, 5.74) is -1.68. The lowest BCUT2D eigenvalue weighted by Gasteiger charge is -2.37. The third-order valence-electron chi connectivity index (χ3n) is 5.96. The van der Waals surface area contributed by atoms with Crippen molar-refractivity contribution in [1.82, 2.24) is 15.6 Å². The summed E-state index contributed by atoms with van der Waals surface area (Å²) in [5, 5.41) is 5.76. The molecule has 1 atom stereocenters. The van der Waals surface area contributed by atoms with Crippen molar-refractivity contribution in [1.29, 1.82) is 0 Å². The van der Waals surface area contributed by atoms with Gasteiger partial charge in [-0.1, -0.05) is 30.3 Å². The number of hydrogen-bond acceptors (Lipinski definition) is 2. The van der Waals surface area contributed by atoms with Crippen LogP contribution in [0.1, 0.15) is 41.6 Å². The number of rotatable bonds is 6. The Hall–Kier alpha value is -2.69. The van der Waals surface area contributed by atoms with Gasteiger partial charge >= 0.3 is 12.2 Å². The van der Waals surface area contributed by atoms with Crippen LogP contribution in [0, 0.1) is 9.39 Å². The molecule has 1 saturated carbocycles. The van der Waals surface area contributed by atoms with Crippen molar-refractivity contribution in [3.63, 3.8) is 0 Å². The summed E-state index contributed by atoms with van der Waals surface area (Å²) < 4.78 is 56.2. The molecule has 2 N–H and O–H groups in total. The lowest BCUT2D eigenvalue weighted by Crippen LogP contribution is -2.55. The second-order valence-electron chi connectivity index (χ2n) is 8.38. The summed E-state index contributed by atoms with van der Waals surface area (Å²) in [7, 11) is 0. The minimum absolute atomic E-state index is 0.00245. The third-order valence-corrected chi connectivity index (χ3v) is 6.60. The standard InChI is InChI=1S/C25H22F4IN3O/c26-19-12-17(11-18(13-19)25(27,28)29)24(14-16-5-2-1-3-6-16,22-10-9-20(30)15-31-22)33-23(34)32-21-7-4-8-21/h1-3,5-6,9-13,15,21H,4,7-8,14H2,(H2,32,33,34)/t24-/m0/s1. The Balaban J connectivity index is 1.90. The van der Waals surface area contributed by atoms with Crippen LogP contribution >= 0.6 is 22.6 Å². The number of amides is 2. The SMILES string of the molecule is O=C(NC1CCC1)N[C@@](Cc1ccccc1)(c1cc(F)cc(C(F)(F)F)c1)c1ccc(I)cn1. The molecule has 0 unspecified atom stereocenters. The van der Waals surface area contributed by atoms with E-state index in [-0.39, 0.29) is 18.0 Å². The molecule has 3 aromatic rings. The molecule has 0 bridgehead atoms. The van der Waals surface area contributed by atoms with E-state index in [1.165, 1.54) is 0 Å². The molecular formula is C25H22F4IN3O. The van der Waals surface area contributed by atoms with Crippen LogP contribution in [0.25, 0.3) is 0 Å². The maximum atomic E-state index is 14.6. The Labute approximate surface area is 208 Å². The Bertz CT molecular complexity index is 1150. The fraction of sp³-hybridized carbons (Fsp3) is 0.280. The predicted octanol–water partition coefficient (Wildman–Crippen LogP) is 6.18. The molecule has 1 aliphatic carbocycles. The van der Waals surface area contributed by atoms with E-state index >= 15 is 0 Å². The van der Waals surface area contributed by atoms with Gasteiger partial charge in [0.2, 0.25) is 0 Å². The highest BCUT2D eigenvalue weighted by atomic mass is 127. The first-order chi connectivity index (χ1) is 16.2. The number of carbonyl (C=O) groups excluding carboxylic acids is 1. The van der Waals surface area contributed by atoms with Gasteiger partial charge in [0.05, 0.1) is 11.3 Å². The lowest BCUT2D eigenvalue weighted by molar-refractivity contribution is -0.137. The summed E-state index contributed by atoms with van der Waals surface area (Å²) in [4.78, 5) is 17.5. The monoisotopic (exact) mass is 583 g/mol. The van der Waals surface area contributed by atoms with Crippen molar-refractivity contribution in [2.24, 2.45) is 0 Å². The maximum absolute atomic E-state index is 14.6. The van der Waals surface area contributed by atoms with Gasteiger partial charge in [-0.05, 0) is 83.3 Å². The van der Waals surface area contributed by atoms with Gasteiger partial charge in [0, 0.05) is 22.2 Å². The largest absolute Gasteiger partial charge is 0.416 e. The van der Waals surface area contributed by atoms with Crippen molar-refractivity contribution in [3.8, 4) is 0 Å². The Morgan fingerprint density at radius 1 is 1.03 bits per heavy atom. The van der Waals surface area contributed by atoms with E-state index in [1.54, 1.807) is 42.6 Å². The number of urea groups is 1. The van der Waals surface area contributed by atoms with E-state index < -0.39 is 29.1 Å². The van der Waals surface area contributed by atoms with E-state index in [9.17, 15) is 22.4 Å². The number of halogens is 5. The summed E-state index contributed by atoms with van der Waals surface area (Å²) in [6.07, 6.45) is -0.468. The zero-order valence-corrected chi connectivity index (χ0v) is 20.2. The van der Waals surface area contributed by atoms with Crippen molar-refractivity contribution in [3.05, 3.63) is 98.6 Å². The predicted molar refractivity (Wildman–Crippen MR) is 129 cm³/mol. The highest BCUT2D eigenvalue weighted by Crippen LogP contribution is 2.37. The summed E-state index contributed by atoms with van der Waals surface area (Å²) in [5.74, 6) is -1.05. The van der Waals surface area contributed by atoms with Crippen LogP contribution in [0.15, 0.2) is 66.9 Å². The maximum Gasteiger partial charge on any atom is 0.416 e. The first-order valence-corrected chi connectivity index (χ1v) is 11.9. The average molecular weight is 583 g/mol. The zero-order chi connectivity index (χ0) is 24.3. The zero-order valence-electron chi connectivity index (χ0n) is 18.0. The first kappa shape index (κ1) is 24.4. The Morgan fingerprint density at radius 3 is 2.32 bits per heavy atom. The van der Waals surface area contributed by atoms with Crippen LogP contribution in [0.3, 0.4) is 0 Å². The minimum atomic E-state index is -4.76. The summed E-state index contributed by atoms with van der Waals surface area (Å²) in [6.45, 7) is 0. The normalized spacial score (nSPS) is 15.8. The van der Waals surface area contributed by atoms with Gasteiger partial charge in [0.25, 0.3) is 0 Å². The molecule has 34 heavy (non-hydrogen) atoms. The van der Waals surface area contributed by atoms with Gasteiger partial charge in [-0.2, -0.15) is 13.2 Å². The molecule has 4 rings (SSSR count). The molecule has 1 fully saturated rings. The fourth-order valence-electron chi connectivity index (χ4n) is 4.02. The number of aromatic nitrogens is 1. The Kier molecular flexibility index (Phi) is 7.11. The molecule has 178 valence electrons. The number of carbonyl (C=O) groups is 1. The fourth-order valence-corrected chi connectivity index (χ4v) is 4.34. The van der Waals surface area contributed by atoms with Crippen LogP contribution in [-0.4, -0.2) is 17.1 Å². The van der Waals surface area contributed by atoms with Gasteiger partial charge in [0.1, 0.15) is 11.4 Å². The van der Waals surface area contributed by atoms with E-state index in [2.05, 4.69) is 38.2 Å². The van der Waals surface area contributed by atoms with Crippen molar-refractivity contribution < 1.29 is 22.4 Å². The lowest BCUT2D eigenvalue weighted by atomic mass is 9.79. The molecule has 0 spiro atoms. The van der Waals surface area contributed by atoms with Gasteiger partial charge in [-0.25, -0.2) is 9.18 Å². The number of nitrogens with zero attached hydrogens (tertiary/aromatic N) is 1. The summed E-state index contributed by atoms with van der Waals surface area (Å²) >= 11 is 2.07. The van der Waals surface area contributed by atoms with Gasteiger partial charge in [-0.3, -0.25) is 4.98 Å². The number of hydrogen-bond donors (Lipinski definition) is 2. The molecule has 0 aliphatic heterocycles. The first-order valence-electron chi connectivity index (χ1n) is 10.8. The number of alkyl halides is 3. The number of benzene rings is 2. The van der Waals surface area contributed by atoms with Gasteiger partial charge in [0.15, 0.2) is 0 Å². The van der Waals surface area contributed by atoms with Crippen molar-refractivity contribution >= 4 is 28.6 Å². The number of nitrogens with one attached hydrogen (secondary N) is 2. The molecule has 4 nitrogen and oxygen atoms in total. The second-order valence-corrected chi connectivity index (χ2v) is 9.63. The van der Waals surface area contributed by atoms with Crippen molar-refractivity contribution in [2.45, 2.75) is 43.4 Å². The van der Waals surface area contributed by atoms with Gasteiger partial charge < -0.3 is 10.6 Å². The molecular weight excluding hydrogens is 561 g/mol. The number of pyridine rings is 1. The Morgan fingerprint density at radius 2 is 1.74 bits per heavy atom. The second kappa shape index (κ2) is 9.89. The summed E-state index contributed by atoms with van der Waals surface area (Å²) in [6, 6.07) is 14.2. The molecule has 0 radical (unpaired) electrons. The van der Waals surface area contributed by atoms with Crippen LogP contribution in [0.4, 0.5) is 22.4 Å². The van der Waals surface area contributed by atoms with Gasteiger partial charge in [-0.15, -0.1) is 0 Å².